The van der Waals surface area contributed by atoms with Gasteiger partial charge in [-0.1, -0.05) is 30.3 Å². The molecule has 0 spiro atoms. The van der Waals surface area contributed by atoms with E-state index in [4.69, 9.17) is 0 Å². The van der Waals surface area contributed by atoms with E-state index in [9.17, 15) is 9.90 Å². The summed E-state index contributed by atoms with van der Waals surface area (Å²) in [5, 5.41) is 23.2. The molecule has 3 aromatic rings. The zero-order chi connectivity index (χ0) is 16.1. The fourth-order valence-electron chi connectivity index (χ4n) is 2.32. The number of aromatic amines is 1. The van der Waals surface area contributed by atoms with E-state index in [1.54, 1.807) is 17.4 Å². The van der Waals surface area contributed by atoms with Crippen LogP contribution in [0.1, 0.15) is 16.1 Å². The first-order valence-corrected chi connectivity index (χ1v) is 8.24. The second kappa shape index (κ2) is 7.21. The number of carbonyl (C=O) groups is 1. The van der Waals surface area contributed by atoms with Crippen LogP contribution >= 0.6 is 11.3 Å². The van der Waals surface area contributed by atoms with Crippen LogP contribution in [0, 0.1) is 0 Å². The van der Waals surface area contributed by atoms with Crippen molar-refractivity contribution in [2.75, 3.05) is 6.61 Å². The second-order valence-electron chi connectivity index (χ2n) is 5.22. The van der Waals surface area contributed by atoms with Crippen molar-refractivity contribution in [1.82, 2.24) is 15.5 Å². The maximum absolute atomic E-state index is 12.3. The van der Waals surface area contributed by atoms with Gasteiger partial charge >= 0.3 is 0 Å². The van der Waals surface area contributed by atoms with Gasteiger partial charge in [0.05, 0.1) is 18.3 Å². The average Bonchev–Trinajstić information content (AvgIpc) is 3.26. The third-order valence-electron chi connectivity index (χ3n) is 3.52. The number of hydrogen-bond acceptors (Lipinski definition) is 4. The highest BCUT2D eigenvalue weighted by atomic mass is 32.1. The van der Waals surface area contributed by atoms with Gasteiger partial charge in [-0.05, 0) is 29.5 Å². The molecule has 1 amide bonds. The van der Waals surface area contributed by atoms with Crippen LogP contribution in [0.4, 0.5) is 0 Å². The van der Waals surface area contributed by atoms with E-state index in [2.05, 4.69) is 15.5 Å². The first-order chi connectivity index (χ1) is 11.3. The van der Waals surface area contributed by atoms with Gasteiger partial charge in [0.25, 0.3) is 5.91 Å². The number of hydrogen-bond donors (Lipinski definition) is 3. The number of amides is 1. The highest BCUT2D eigenvalue weighted by Gasteiger charge is 2.16. The van der Waals surface area contributed by atoms with E-state index in [0.717, 1.165) is 16.8 Å². The molecule has 6 heteroatoms. The van der Waals surface area contributed by atoms with Gasteiger partial charge in [0, 0.05) is 10.9 Å². The molecule has 2 heterocycles. The molecular formula is C17H17N3O2S. The van der Waals surface area contributed by atoms with Crippen LogP contribution in [0.25, 0.3) is 11.3 Å². The predicted molar refractivity (Wildman–Crippen MR) is 90.4 cm³/mol. The molecule has 0 aliphatic carbocycles. The van der Waals surface area contributed by atoms with E-state index >= 15 is 0 Å². The molecule has 0 aliphatic heterocycles. The molecular weight excluding hydrogens is 310 g/mol. The number of rotatable bonds is 6. The number of aromatic nitrogens is 2. The van der Waals surface area contributed by atoms with Crippen LogP contribution in [0.15, 0.2) is 53.2 Å². The molecule has 0 fully saturated rings. The number of benzene rings is 1. The number of aliphatic hydroxyl groups is 1. The molecule has 5 nitrogen and oxygen atoms in total. The SMILES string of the molecule is O=C(N[C@H](CO)Cc1ccccc1)c1cc(-c2ccsc2)n[nH]1. The number of aliphatic hydroxyl groups excluding tert-OH is 1. The number of nitrogens with one attached hydrogen (secondary N) is 2. The molecule has 0 bridgehead atoms. The molecule has 0 saturated carbocycles. The maximum Gasteiger partial charge on any atom is 0.269 e. The molecule has 0 radical (unpaired) electrons. The fraction of sp³-hybridized carbons (Fsp3) is 0.176. The smallest absolute Gasteiger partial charge is 0.269 e. The quantitative estimate of drug-likeness (QED) is 0.651. The van der Waals surface area contributed by atoms with E-state index in [-0.39, 0.29) is 18.6 Å². The summed E-state index contributed by atoms with van der Waals surface area (Å²) in [6, 6.07) is 13.1. The molecule has 0 saturated heterocycles. The van der Waals surface area contributed by atoms with Gasteiger partial charge in [-0.15, -0.1) is 0 Å². The van der Waals surface area contributed by atoms with E-state index in [1.807, 2.05) is 47.2 Å². The Morgan fingerprint density at radius 1 is 1.30 bits per heavy atom. The van der Waals surface area contributed by atoms with E-state index in [1.165, 1.54) is 0 Å². The summed E-state index contributed by atoms with van der Waals surface area (Å²) in [6.07, 6.45) is 0.578. The van der Waals surface area contributed by atoms with Crippen molar-refractivity contribution in [3.63, 3.8) is 0 Å². The zero-order valence-corrected chi connectivity index (χ0v) is 13.2. The molecule has 3 N–H and O–H groups in total. The maximum atomic E-state index is 12.3. The average molecular weight is 327 g/mol. The molecule has 118 valence electrons. The molecule has 0 unspecified atom stereocenters. The molecule has 2 aromatic heterocycles. The van der Waals surface area contributed by atoms with Crippen molar-refractivity contribution in [2.45, 2.75) is 12.5 Å². The standard InChI is InChI=1S/C17H17N3O2S/c21-10-14(8-12-4-2-1-3-5-12)18-17(22)16-9-15(19-20-16)13-6-7-23-11-13/h1-7,9,11,14,21H,8,10H2,(H,18,22)(H,19,20)/t14-/m0/s1. The lowest BCUT2D eigenvalue weighted by atomic mass is 10.1. The Morgan fingerprint density at radius 2 is 2.13 bits per heavy atom. The van der Waals surface area contributed by atoms with Crippen molar-refractivity contribution in [2.24, 2.45) is 0 Å². The Balaban J connectivity index is 1.65. The van der Waals surface area contributed by atoms with Gasteiger partial charge < -0.3 is 10.4 Å². The molecule has 23 heavy (non-hydrogen) atoms. The summed E-state index contributed by atoms with van der Waals surface area (Å²) in [7, 11) is 0. The van der Waals surface area contributed by atoms with Crippen LogP contribution in [0.3, 0.4) is 0 Å². The van der Waals surface area contributed by atoms with Crippen molar-refractivity contribution >= 4 is 17.2 Å². The van der Waals surface area contributed by atoms with Gasteiger partial charge in [-0.3, -0.25) is 9.89 Å². The lowest BCUT2D eigenvalue weighted by Gasteiger charge is -2.15. The highest BCUT2D eigenvalue weighted by molar-refractivity contribution is 7.08. The third-order valence-corrected chi connectivity index (χ3v) is 4.20. The lowest BCUT2D eigenvalue weighted by Crippen LogP contribution is -2.39. The Hall–Kier alpha value is -2.44. The Morgan fingerprint density at radius 3 is 2.83 bits per heavy atom. The molecule has 1 atom stereocenters. The van der Waals surface area contributed by atoms with Crippen molar-refractivity contribution < 1.29 is 9.90 Å². The van der Waals surface area contributed by atoms with Crippen molar-refractivity contribution in [3.8, 4) is 11.3 Å². The minimum atomic E-state index is -0.335. The van der Waals surface area contributed by atoms with Crippen LogP contribution < -0.4 is 5.32 Å². The van der Waals surface area contributed by atoms with Gasteiger partial charge in [0.15, 0.2) is 0 Å². The van der Waals surface area contributed by atoms with Gasteiger partial charge in [0.1, 0.15) is 5.69 Å². The van der Waals surface area contributed by atoms with E-state index in [0.29, 0.717) is 12.1 Å². The van der Waals surface area contributed by atoms with Crippen LogP contribution in [-0.2, 0) is 6.42 Å². The molecule has 0 aliphatic rings. The Labute approximate surface area is 138 Å². The van der Waals surface area contributed by atoms with Crippen LogP contribution in [-0.4, -0.2) is 33.9 Å². The third kappa shape index (κ3) is 3.85. The van der Waals surface area contributed by atoms with Gasteiger partial charge in [-0.2, -0.15) is 16.4 Å². The molecule has 3 rings (SSSR count). The summed E-state index contributed by atoms with van der Waals surface area (Å²) in [4.78, 5) is 12.3. The Kier molecular flexibility index (Phi) is 4.85. The van der Waals surface area contributed by atoms with Crippen molar-refractivity contribution in [1.29, 1.82) is 0 Å². The minimum absolute atomic E-state index is 0.119. The van der Waals surface area contributed by atoms with Gasteiger partial charge in [-0.25, -0.2) is 0 Å². The topological polar surface area (TPSA) is 78.0 Å². The largest absolute Gasteiger partial charge is 0.394 e. The monoisotopic (exact) mass is 327 g/mol. The van der Waals surface area contributed by atoms with E-state index < -0.39 is 0 Å². The second-order valence-corrected chi connectivity index (χ2v) is 6.00. The number of thiophene rings is 1. The normalized spacial score (nSPS) is 12.0. The number of nitrogens with zero attached hydrogens (tertiary/aromatic N) is 1. The summed E-state index contributed by atoms with van der Waals surface area (Å²) >= 11 is 1.58. The summed E-state index contributed by atoms with van der Waals surface area (Å²) in [5.74, 6) is -0.269. The first-order valence-electron chi connectivity index (χ1n) is 7.30. The lowest BCUT2D eigenvalue weighted by molar-refractivity contribution is 0.0911. The first kappa shape index (κ1) is 15.5. The Bertz CT molecular complexity index is 753. The number of carbonyl (C=O) groups excluding carboxylic acids is 1. The summed E-state index contributed by atoms with van der Waals surface area (Å²) < 4.78 is 0. The zero-order valence-electron chi connectivity index (χ0n) is 12.4. The van der Waals surface area contributed by atoms with Crippen molar-refractivity contribution in [3.05, 3.63) is 64.5 Å². The van der Waals surface area contributed by atoms with Crippen LogP contribution in [0.5, 0.6) is 0 Å². The minimum Gasteiger partial charge on any atom is -0.394 e. The molecule has 1 aromatic carbocycles. The highest BCUT2D eigenvalue weighted by Crippen LogP contribution is 2.20. The summed E-state index contributed by atoms with van der Waals surface area (Å²) in [5.41, 5.74) is 3.17. The van der Waals surface area contributed by atoms with Gasteiger partial charge in [0.2, 0.25) is 0 Å². The predicted octanol–water partition coefficient (Wildman–Crippen LogP) is 2.47. The number of H-pyrrole nitrogens is 1. The summed E-state index contributed by atoms with van der Waals surface area (Å²) in [6.45, 7) is -0.119. The fourth-order valence-corrected chi connectivity index (χ4v) is 2.97. The van der Waals surface area contributed by atoms with Crippen LogP contribution in [0.2, 0.25) is 0 Å².